The van der Waals surface area contributed by atoms with Gasteiger partial charge >= 0.3 is 12.0 Å². The highest BCUT2D eigenvalue weighted by atomic mass is 35.5. The highest BCUT2D eigenvalue weighted by Crippen LogP contribution is 2.35. The van der Waals surface area contributed by atoms with Gasteiger partial charge in [0.15, 0.2) is 0 Å². The number of anilines is 1. The van der Waals surface area contributed by atoms with Gasteiger partial charge in [-0.25, -0.2) is 10.6 Å². The van der Waals surface area contributed by atoms with Crippen molar-refractivity contribution in [1.29, 1.82) is 0 Å². The number of thiocarbonyl (C=S) groups is 1. The number of hydrazone groups is 1. The fraction of sp³-hybridized carbons (Fsp3) is 0.111. The standard InChI is InChI=1S/C18H14Cl2N6O5S/c19-11-6-5-8(7-12(11)20)22-16(27)13(24-25-18(32)23-21)14(26(29)30)15-9-3-1-2-4-10(9)17(28)31-15/h1-7,14-15H,21H2,(H,22,27)(H2,23,25,32)/b24-13+. The van der Waals surface area contributed by atoms with E-state index in [0.717, 1.165) is 0 Å². The summed E-state index contributed by atoms with van der Waals surface area (Å²) in [7, 11) is 0. The van der Waals surface area contributed by atoms with Gasteiger partial charge in [-0.05, 0) is 36.5 Å². The highest BCUT2D eigenvalue weighted by Gasteiger charge is 2.48. The maximum atomic E-state index is 13.0. The maximum Gasteiger partial charge on any atom is 0.339 e. The molecule has 5 N–H and O–H groups in total. The Morgan fingerprint density at radius 2 is 1.97 bits per heavy atom. The topological polar surface area (TPSA) is 161 Å². The third kappa shape index (κ3) is 4.94. The minimum Gasteiger partial charge on any atom is -0.446 e. The quantitative estimate of drug-likeness (QED) is 0.117. The first kappa shape index (κ1) is 23.3. The Kier molecular flexibility index (Phi) is 7.20. The molecule has 2 aromatic rings. The molecule has 11 nitrogen and oxygen atoms in total. The van der Waals surface area contributed by atoms with Crippen LogP contribution in [0.5, 0.6) is 0 Å². The third-order valence-electron chi connectivity index (χ3n) is 4.33. The lowest BCUT2D eigenvalue weighted by Gasteiger charge is -2.18. The number of nitrogens with two attached hydrogens (primary N) is 1. The number of nitrogens with one attached hydrogen (secondary N) is 3. The molecule has 1 amide bonds. The number of halogens is 2. The zero-order valence-corrected chi connectivity index (χ0v) is 18.2. The molecule has 2 aromatic carbocycles. The summed E-state index contributed by atoms with van der Waals surface area (Å²) in [5.74, 6) is 3.44. The van der Waals surface area contributed by atoms with E-state index in [1.807, 2.05) is 0 Å². The second kappa shape index (κ2) is 9.87. The number of fused-ring (bicyclic) bond motifs is 1. The number of nitrogens with zero attached hydrogens (tertiary/aromatic N) is 2. The van der Waals surface area contributed by atoms with Gasteiger partial charge in [-0.1, -0.05) is 41.4 Å². The van der Waals surface area contributed by atoms with Crippen LogP contribution in [-0.4, -0.2) is 33.7 Å². The SMILES string of the molecule is NNC(=S)N/N=C(/C(=O)Nc1ccc(Cl)c(Cl)c1)C(C1OC(=O)c2ccccc21)[N+](=O)[O-]. The molecule has 166 valence electrons. The van der Waals surface area contributed by atoms with E-state index in [9.17, 15) is 19.7 Å². The zero-order chi connectivity index (χ0) is 23.4. The van der Waals surface area contributed by atoms with Crippen molar-refractivity contribution in [3.8, 4) is 0 Å². The van der Waals surface area contributed by atoms with Crippen LogP contribution in [0.15, 0.2) is 47.6 Å². The number of cyclic esters (lactones) is 1. The first-order valence-electron chi connectivity index (χ1n) is 8.77. The number of rotatable bonds is 6. The number of benzene rings is 2. The second-order valence-electron chi connectivity index (χ2n) is 6.31. The fourth-order valence-electron chi connectivity index (χ4n) is 2.93. The van der Waals surface area contributed by atoms with E-state index in [2.05, 4.69) is 21.3 Å². The molecule has 0 bridgehead atoms. The molecule has 0 saturated carbocycles. The van der Waals surface area contributed by atoms with Crippen LogP contribution in [-0.2, 0) is 9.53 Å². The van der Waals surface area contributed by atoms with Crippen LogP contribution in [0.3, 0.4) is 0 Å². The molecule has 32 heavy (non-hydrogen) atoms. The third-order valence-corrected chi connectivity index (χ3v) is 5.28. The minimum absolute atomic E-state index is 0.152. The summed E-state index contributed by atoms with van der Waals surface area (Å²) in [6.07, 6.45) is -1.41. The molecule has 0 aromatic heterocycles. The molecule has 2 unspecified atom stereocenters. The van der Waals surface area contributed by atoms with Crippen LogP contribution >= 0.6 is 35.4 Å². The van der Waals surface area contributed by atoms with Gasteiger partial charge in [0.2, 0.25) is 16.9 Å². The van der Waals surface area contributed by atoms with Gasteiger partial charge in [0.25, 0.3) is 5.91 Å². The lowest BCUT2D eigenvalue weighted by molar-refractivity contribution is -0.514. The van der Waals surface area contributed by atoms with Crippen LogP contribution in [0.4, 0.5) is 5.69 Å². The number of hydrogen-bond acceptors (Lipinski definition) is 8. The van der Waals surface area contributed by atoms with E-state index >= 15 is 0 Å². The molecule has 1 aliphatic rings. The van der Waals surface area contributed by atoms with Crippen LogP contribution in [0.2, 0.25) is 10.0 Å². The largest absolute Gasteiger partial charge is 0.446 e. The van der Waals surface area contributed by atoms with Crippen molar-refractivity contribution in [2.45, 2.75) is 12.1 Å². The number of amides is 1. The van der Waals surface area contributed by atoms with Gasteiger partial charge in [-0.2, -0.15) is 5.10 Å². The van der Waals surface area contributed by atoms with Crippen molar-refractivity contribution in [2.24, 2.45) is 10.9 Å². The fourth-order valence-corrected chi connectivity index (χ4v) is 3.27. The summed E-state index contributed by atoms with van der Waals surface area (Å²) < 4.78 is 5.22. The molecule has 2 atom stereocenters. The maximum absolute atomic E-state index is 13.0. The zero-order valence-electron chi connectivity index (χ0n) is 15.9. The summed E-state index contributed by atoms with van der Waals surface area (Å²) in [5, 5.41) is 18.4. The van der Waals surface area contributed by atoms with E-state index in [1.165, 1.54) is 30.3 Å². The van der Waals surface area contributed by atoms with E-state index < -0.39 is 34.7 Å². The van der Waals surface area contributed by atoms with Crippen molar-refractivity contribution in [3.63, 3.8) is 0 Å². The van der Waals surface area contributed by atoms with Crippen LogP contribution in [0.25, 0.3) is 0 Å². The van der Waals surface area contributed by atoms with Gasteiger partial charge in [-0.15, -0.1) is 0 Å². The van der Waals surface area contributed by atoms with Crippen molar-refractivity contribution in [1.82, 2.24) is 10.9 Å². The predicted octanol–water partition coefficient (Wildman–Crippen LogP) is 2.18. The molecule has 1 aliphatic heterocycles. The van der Waals surface area contributed by atoms with E-state index in [-0.39, 0.29) is 32.0 Å². The molecule has 0 spiro atoms. The van der Waals surface area contributed by atoms with Crippen LogP contribution < -0.4 is 22.0 Å². The Balaban J connectivity index is 2.01. The number of ether oxygens (including phenoxy) is 1. The number of hydrogen-bond donors (Lipinski definition) is 4. The number of carbonyl (C=O) groups excluding carboxylic acids is 2. The summed E-state index contributed by atoms with van der Waals surface area (Å²) in [5.41, 5.74) is 4.28. The smallest absolute Gasteiger partial charge is 0.339 e. The van der Waals surface area contributed by atoms with Crippen molar-refractivity contribution in [2.75, 3.05) is 5.32 Å². The highest BCUT2D eigenvalue weighted by molar-refractivity contribution is 7.80. The summed E-state index contributed by atoms with van der Waals surface area (Å²) in [6.45, 7) is 0. The van der Waals surface area contributed by atoms with Crippen molar-refractivity contribution in [3.05, 3.63) is 73.8 Å². The molecule has 0 aliphatic carbocycles. The molecule has 0 radical (unpaired) electrons. The van der Waals surface area contributed by atoms with Gasteiger partial charge < -0.3 is 10.1 Å². The number of esters is 1. The Morgan fingerprint density at radius 1 is 1.25 bits per heavy atom. The first-order valence-corrected chi connectivity index (χ1v) is 9.93. The number of carbonyl (C=O) groups is 2. The van der Waals surface area contributed by atoms with Crippen molar-refractivity contribution < 1.29 is 19.2 Å². The summed E-state index contributed by atoms with van der Waals surface area (Å²) in [4.78, 5) is 36.4. The van der Waals surface area contributed by atoms with Crippen LogP contribution in [0, 0.1) is 10.1 Å². The average molecular weight is 497 g/mol. The lowest BCUT2D eigenvalue weighted by Crippen LogP contribution is -2.45. The molecular weight excluding hydrogens is 483 g/mol. The average Bonchev–Trinajstić information content (AvgIpc) is 3.09. The Hall–Kier alpha value is -3.32. The molecule has 14 heteroatoms. The molecule has 0 fully saturated rings. The van der Waals surface area contributed by atoms with Gasteiger partial charge in [0.05, 0.1) is 15.6 Å². The molecule has 1 heterocycles. The Morgan fingerprint density at radius 3 is 2.62 bits per heavy atom. The lowest BCUT2D eigenvalue weighted by atomic mass is 9.96. The number of hydrazine groups is 1. The Labute approximate surface area is 196 Å². The minimum atomic E-state index is -1.88. The van der Waals surface area contributed by atoms with E-state index in [1.54, 1.807) is 12.1 Å². The molecular formula is C18H14Cl2N6O5S. The Bertz CT molecular complexity index is 1140. The van der Waals surface area contributed by atoms with Gasteiger partial charge in [-0.3, -0.25) is 25.8 Å². The summed E-state index contributed by atoms with van der Waals surface area (Å²) >= 11 is 16.6. The second-order valence-corrected chi connectivity index (χ2v) is 7.53. The first-order chi connectivity index (χ1) is 15.2. The number of nitro groups is 1. The summed E-state index contributed by atoms with van der Waals surface area (Å²) in [6, 6.07) is 8.48. The van der Waals surface area contributed by atoms with E-state index in [0.29, 0.717) is 0 Å². The van der Waals surface area contributed by atoms with Crippen LogP contribution in [0.1, 0.15) is 22.0 Å². The molecule has 0 saturated heterocycles. The molecule has 3 rings (SSSR count). The van der Waals surface area contributed by atoms with Gasteiger partial charge in [0, 0.05) is 16.2 Å². The predicted molar refractivity (Wildman–Crippen MR) is 121 cm³/mol. The van der Waals surface area contributed by atoms with Crippen molar-refractivity contribution >= 4 is 63.8 Å². The van der Waals surface area contributed by atoms with Gasteiger partial charge in [0.1, 0.15) is 0 Å². The van der Waals surface area contributed by atoms with E-state index in [4.69, 9.17) is 46.0 Å². The monoisotopic (exact) mass is 496 g/mol. The normalized spacial score (nSPS) is 15.9.